The van der Waals surface area contributed by atoms with Crippen LogP contribution in [0.15, 0.2) is 66.9 Å². The second-order valence-corrected chi connectivity index (χ2v) is 10.5. The number of rotatable bonds is 2. The van der Waals surface area contributed by atoms with E-state index >= 15 is 0 Å². The van der Waals surface area contributed by atoms with E-state index in [1.165, 1.54) is 24.8 Å². The monoisotopic (exact) mass is 506 g/mol. The molecule has 2 aliphatic rings. The van der Waals surface area contributed by atoms with Crippen LogP contribution in [-0.2, 0) is 11.3 Å². The molecule has 3 heterocycles. The molecule has 0 unspecified atom stereocenters. The quantitative estimate of drug-likeness (QED) is 0.323. The van der Waals surface area contributed by atoms with Gasteiger partial charge in [0, 0.05) is 35.6 Å². The number of fused-ring (bicyclic) bond motifs is 2. The Hall–Kier alpha value is -3.93. The average molecular weight is 507 g/mol. The van der Waals surface area contributed by atoms with Crippen LogP contribution in [0.5, 0.6) is 0 Å². The minimum Gasteiger partial charge on any atom is -0.354 e. The number of nitrogens with one attached hydrogen (secondary N) is 2. The molecule has 1 aliphatic heterocycles. The number of hydrogen-bond acceptors (Lipinski definition) is 3. The van der Waals surface area contributed by atoms with Crippen molar-refractivity contribution < 1.29 is 9.59 Å². The average Bonchev–Trinajstić information content (AvgIpc) is 3.27. The van der Waals surface area contributed by atoms with E-state index in [-0.39, 0.29) is 18.4 Å². The molecule has 0 radical (unpaired) electrons. The van der Waals surface area contributed by atoms with Gasteiger partial charge in [0.2, 0.25) is 5.91 Å². The zero-order valence-corrected chi connectivity index (χ0v) is 21.7. The van der Waals surface area contributed by atoms with Crippen LogP contribution in [0, 0.1) is 0 Å². The lowest BCUT2D eigenvalue weighted by molar-refractivity contribution is -0.121. The molecule has 0 atom stereocenters. The van der Waals surface area contributed by atoms with Gasteiger partial charge in [-0.1, -0.05) is 49.6 Å². The predicted molar refractivity (Wildman–Crippen MR) is 152 cm³/mol. The Balaban J connectivity index is 1.58. The Morgan fingerprint density at radius 2 is 1.63 bits per heavy atom. The molecule has 0 spiro atoms. The summed E-state index contributed by atoms with van der Waals surface area (Å²) in [5.74, 6) is 0.328. The topological polar surface area (TPSA) is 76.0 Å². The number of aromatic nitrogens is 2. The fourth-order valence-electron chi connectivity index (χ4n) is 6.12. The molecule has 6 heteroatoms. The maximum absolute atomic E-state index is 13.3. The number of carbonyl (C=O) groups is 2. The highest BCUT2D eigenvalue weighted by Crippen LogP contribution is 2.44. The zero-order valence-electron chi connectivity index (χ0n) is 21.7. The van der Waals surface area contributed by atoms with E-state index in [1.54, 1.807) is 0 Å². The lowest BCUT2D eigenvalue weighted by Gasteiger charge is -2.24. The van der Waals surface area contributed by atoms with E-state index in [9.17, 15) is 9.59 Å². The maximum atomic E-state index is 13.3. The smallest absolute Gasteiger partial charge is 0.251 e. The molecule has 2 amide bonds. The Morgan fingerprint density at radius 3 is 2.47 bits per heavy atom. The van der Waals surface area contributed by atoms with Crippen molar-refractivity contribution in [3.05, 3.63) is 78.0 Å². The first kappa shape index (κ1) is 24.4. The summed E-state index contributed by atoms with van der Waals surface area (Å²) in [5.41, 5.74) is 6.01. The summed E-state index contributed by atoms with van der Waals surface area (Å²) in [7, 11) is 0. The normalized spacial score (nSPS) is 18.6. The number of amides is 2. The molecule has 2 N–H and O–H groups in total. The van der Waals surface area contributed by atoms with E-state index in [4.69, 9.17) is 0 Å². The van der Waals surface area contributed by atoms with Crippen molar-refractivity contribution in [1.29, 1.82) is 0 Å². The maximum Gasteiger partial charge on any atom is 0.251 e. The number of carbonyl (C=O) groups excluding carboxylic acids is 2. The standard InChI is InChI=1S/C32H34N4O2/c37-29-21-36-28-20-25(32(38)35-17-7-2-1-6-16-34-29)12-14-26(28)30(22-9-4-3-5-10-22)31(36)24-13-15-27-23(19-24)11-8-18-33-27/h1-2,8,11-15,18-20,22H,3-7,9-10,16-17,21H2,(H,34,37)(H,35,38)/b2-1-. The van der Waals surface area contributed by atoms with Gasteiger partial charge in [-0.25, -0.2) is 0 Å². The summed E-state index contributed by atoms with van der Waals surface area (Å²) in [6, 6.07) is 16.5. The lowest BCUT2D eigenvalue weighted by atomic mass is 9.81. The molecular formula is C32H34N4O2. The molecule has 2 aromatic carbocycles. The third kappa shape index (κ3) is 4.83. The molecule has 1 aliphatic carbocycles. The molecule has 194 valence electrons. The first-order valence-corrected chi connectivity index (χ1v) is 13.9. The van der Waals surface area contributed by atoms with Crippen LogP contribution in [0.25, 0.3) is 33.1 Å². The Kier molecular flexibility index (Phi) is 6.95. The summed E-state index contributed by atoms with van der Waals surface area (Å²) in [5, 5.41) is 8.38. The molecule has 0 saturated heterocycles. The van der Waals surface area contributed by atoms with Gasteiger partial charge in [-0.05, 0) is 73.1 Å². The highest BCUT2D eigenvalue weighted by atomic mass is 16.2. The Bertz CT molecular complexity index is 1530. The molecule has 6 rings (SSSR count). The Morgan fingerprint density at radius 1 is 0.842 bits per heavy atom. The van der Waals surface area contributed by atoms with Crippen molar-refractivity contribution >= 4 is 33.6 Å². The summed E-state index contributed by atoms with van der Waals surface area (Å²) in [6.45, 7) is 1.39. The molecule has 38 heavy (non-hydrogen) atoms. The molecule has 6 nitrogen and oxygen atoms in total. The molecular weight excluding hydrogens is 472 g/mol. The van der Waals surface area contributed by atoms with Crippen LogP contribution in [0.2, 0.25) is 0 Å². The highest BCUT2D eigenvalue weighted by molar-refractivity contribution is 6.01. The van der Waals surface area contributed by atoms with Crippen molar-refractivity contribution in [1.82, 2.24) is 20.2 Å². The van der Waals surface area contributed by atoms with Gasteiger partial charge in [-0.3, -0.25) is 14.6 Å². The fraction of sp³-hybridized carbons (Fsp3) is 0.344. The van der Waals surface area contributed by atoms with E-state index in [1.807, 2.05) is 24.4 Å². The largest absolute Gasteiger partial charge is 0.354 e. The molecule has 1 saturated carbocycles. The third-order valence-electron chi connectivity index (χ3n) is 7.95. The molecule has 2 bridgehead atoms. The summed E-state index contributed by atoms with van der Waals surface area (Å²) < 4.78 is 2.15. The molecule has 4 aromatic rings. The SMILES string of the molecule is O=C1Cn2c(-c3ccc4ncccc4c3)c(C3CCCCC3)c3ccc(cc32)C(=O)NCC/C=C\CCN1. The second kappa shape index (κ2) is 10.8. The number of benzene rings is 2. The van der Waals surface area contributed by atoms with Crippen molar-refractivity contribution in [2.75, 3.05) is 13.1 Å². The predicted octanol–water partition coefficient (Wildman–Crippen LogP) is 6.10. The van der Waals surface area contributed by atoms with Crippen LogP contribution in [0.1, 0.15) is 66.8 Å². The van der Waals surface area contributed by atoms with Gasteiger partial charge in [0.1, 0.15) is 6.54 Å². The van der Waals surface area contributed by atoms with Crippen LogP contribution in [0.4, 0.5) is 0 Å². The number of pyridine rings is 1. The van der Waals surface area contributed by atoms with E-state index in [2.05, 4.69) is 62.7 Å². The van der Waals surface area contributed by atoms with Crippen molar-refractivity contribution in [2.24, 2.45) is 0 Å². The molecule has 1 fully saturated rings. The summed E-state index contributed by atoms with van der Waals surface area (Å²) >= 11 is 0. The van der Waals surface area contributed by atoms with Crippen molar-refractivity contribution in [3.63, 3.8) is 0 Å². The van der Waals surface area contributed by atoms with Gasteiger partial charge in [0.25, 0.3) is 5.91 Å². The molecule has 2 aromatic heterocycles. The van der Waals surface area contributed by atoms with E-state index in [0.717, 1.165) is 58.7 Å². The van der Waals surface area contributed by atoms with Crippen molar-refractivity contribution in [2.45, 2.75) is 57.4 Å². The van der Waals surface area contributed by atoms with Crippen LogP contribution in [-0.4, -0.2) is 34.5 Å². The van der Waals surface area contributed by atoms with Gasteiger partial charge in [-0.2, -0.15) is 0 Å². The van der Waals surface area contributed by atoms with E-state index in [0.29, 0.717) is 24.6 Å². The minimum atomic E-state index is -0.0788. The lowest BCUT2D eigenvalue weighted by Crippen LogP contribution is -2.28. The number of nitrogens with zero attached hydrogens (tertiary/aromatic N) is 2. The van der Waals surface area contributed by atoms with Crippen LogP contribution >= 0.6 is 0 Å². The Labute approximate surface area is 223 Å². The van der Waals surface area contributed by atoms with Gasteiger partial charge < -0.3 is 15.2 Å². The second-order valence-electron chi connectivity index (χ2n) is 10.5. The summed E-state index contributed by atoms with van der Waals surface area (Å²) in [6.07, 6.45) is 13.5. The fourth-order valence-corrected chi connectivity index (χ4v) is 6.12. The van der Waals surface area contributed by atoms with Crippen LogP contribution in [0.3, 0.4) is 0 Å². The first-order valence-electron chi connectivity index (χ1n) is 13.9. The van der Waals surface area contributed by atoms with Gasteiger partial charge in [-0.15, -0.1) is 0 Å². The van der Waals surface area contributed by atoms with E-state index < -0.39 is 0 Å². The number of hydrogen-bond donors (Lipinski definition) is 2. The zero-order chi connectivity index (χ0) is 25.9. The van der Waals surface area contributed by atoms with Crippen LogP contribution < -0.4 is 10.6 Å². The highest BCUT2D eigenvalue weighted by Gasteiger charge is 2.28. The third-order valence-corrected chi connectivity index (χ3v) is 7.95. The van der Waals surface area contributed by atoms with Gasteiger partial charge >= 0.3 is 0 Å². The van der Waals surface area contributed by atoms with Gasteiger partial charge in [0.15, 0.2) is 0 Å². The van der Waals surface area contributed by atoms with Crippen molar-refractivity contribution in [3.8, 4) is 11.3 Å². The first-order chi connectivity index (χ1) is 18.7. The minimum absolute atomic E-state index is 0.0149. The van der Waals surface area contributed by atoms with Gasteiger partial charge in [0.05, 0.1) is 16.7 Å². The summed E-state index contributed by atoms with van der Waals surface area (Å²) in [4.78, 5) is 30.8.